The summed E-state index contributed by atoms with van der Waals surface area (Å²) in [5, 5.41) is 3.46. The highest BCUT2D eigenvalue weighted by molar-refractivity contribution is 7.11. The van der Waals surface area contributed by atoms with Gasteiger partial charge in [-0.1, -0.05) is 13.8 Å². The van der Waals surface area contributed by atoms with Gasteiger partial charge < -0.3 is 10.1 Å². The van der Waals surface area contributed by atoms with Crippen LogP contribution in [0, 0.1) is 18.8 Å². The van der Waals surface area contributed by atoms with Crippen LogP contribution in [0.1, 0.15) is 42.9 Å². The number of nitrogens with one attached hydrogen (secondary N) is 1. The molecule has 19 heavy (non-hydrogen) atoms. The lowest BCUT2D eigenvalue weighted by Gasteiger charge is -2.32. The molecule has 0 saturated heterocycles. The van der Waals surface area contributed by atoms with Crippen LogP contribution in [0.2, 0.25) is 0 Å². The van der Waals surface area contributed by atoms with Crippen molar-refractivity contribution in [3.05, 3.63) is 21.9 Å². The minimum Gasteiger partial charge on any atom is -0.377 e. The van der Waals surface area contributed by atoms with E-state index in [1.54, 1.807) is 0 Å². The molecule has 0 spiro atoms. The smallest absolute Gasteiger partial charge is 0.0594 e. The van der Waals surface area contributed by atoms with Crippen LogP contribution in [0.3, 0.4) is 0 Å². The molecular formula is C16H27NOS. The second-order valence-corrected chi connectivity index (χ2v) is 7.32. The Balaban J connectivity index is 1.55. The number of thiophene rings is 1. The van der Waals surface area contributed by atoms with Crippen LogP contribution in [0.15, 0.2) is 12.1 Å². The SMILES string of the molecule is Cc1ccc(CNCCOC2CCC(C)C(C)C2)s1. The van der Waals surface area contributed by atoms with Crippen molar-refractivity contribution in [2.75, 3.05) is 13.2 Å². The van der Waals surface area contributed by atoms with E-state index in [1.807, 2.05) is 11.3 Å². The zero-order valence-electron chi connectivity index (χ0n) is 12.4. The summed E-state index contributed by atoms with van der Waals surface area (Å²) >= 11 is 1.87. The molecule has 1 fully saturated rings. The van der Waals surface area contributed by atoms with Crippen LogP contribution >= 0.6 is 11.3 Å². The molecule has 1 aliphatic rings. The topological polar surface area (TPSA) is 21.3 Å². The summed E-state index contributed by atoms with van der Waals surface area (Å²) in [7, 11) is 0. The zero-order valence-corrected chi connectivity index (χ0v) is 13.3. The van der Waals surface area contributed by atoms with E-state index in [0.29, 0.717) is 6.10 Å². The van der Waals surface area contributed by atoms with E-state index in [1.165, 1.54) is 29.0 Å². The molecule has 0 aromatic carbocycles. The van der Waals surface area contributed by atoms with Crippen LogP contribution in [0.4, 0.5) is 0 Å². The Morgan fingerprint density at radius 3 is 2.79 bits per heavy atom. The van der Waals surface area contributed by atoms with Gasteiger partial charge in [-0.3, -0.25) is 0 Å². The number of ether oxygens (including phenoxy) is 1. The fourth-order valence-electron chi connectivity index (χ4n) is 2.74. The summed E-state index contributed by atoms with van der Waals surface area (Å²) in [5.74, 6) is 1.70. The van der Waals surface area contributed by atoms with Gasteiger partial charge in [0.25, 0.3) is 0 Å². The first-order valence-corrected chi connectivity index (χ1v) is 8.34. The molecule has 1 heterocycles. The van der Waals surface area contributed by atoms with Gasteiger partial charge in [-0.25, -0.2) is 0 Å². The van der Waals surface area contributed by atoms with Crippen molar-refractivity contribution < 1.29 is 4.74 Å². The van der Waals surface area contributed by atoms with E-state index < -0.39 is 0 Å². The van der Waals surface area contributed by atoms with Crippen LogP contribution in [-0.2, 0) is 11.3 Å². The molecule has 2 rings (SSSR count). The first kappa shape index (κ1) is 15.0. The second kappa shape index (κ2) is 7.41. The van der Waals surface area contributed by atoms with E-state index in [-0.39, 0.29) is 0 Å². The molecule has 108 valence electrons. The van der Waals surface area contributed by atoms with E-state index in [4.69, 9.17) is 4.74 Å². The average molecular weight is 281 g/mol. The van der Waals surface area contributed by atoms with Gasteiger partial charge in [0.1, 0.15) is 0 Å². The van der Waals surface area contributed by atoms with Gasteiger partial charge in [0.15, 0.2) is 0 Å². The predicted octanol–water partition coefficient (Wildman–Crippen LogP) is 3.99. The molecule has 0 aliphatic heterocycles. The third-order valence-corrected chi connectivity index (χ3v) is 5.28. The molecule has 1 aliphatic carbocycles. The molecule has 3 heteroatoms. The van der Waals surface area contributed by atoms with Gasteiger partial charge >= 0.3 is 0 Å². The summed E-state index contributed by atoms with van der Waals surface area (Å²) < 4.78 is 5.99. The first-order valence-electron chi connectivity index (χ1n) is 7.52. The number of aryl methyl sites for hydroxylation is 1. The lowest BCUT2D eigenvalue weighted by Crippen LogP contribution is -2.29. The minimum atomic E-state index is 0.497. The highest BCUT2D eigenvalue weighted by Gasteiger charge is 2.24. The minimum absolute atomic E-state index is 0.497. The van der Waals surface area contributed by atoms with Crippen LogP contribution in [0.25, 0.3) is 0 Å². The molecule has 0 bridgehead atoms. The molecular weight excluding hydrogens is 254 g/mol. The Morgan fingerprint density at radius 2 is 2.11 bits per heavy atom. The van der Waals surface area contributed by atoms with Gasteiger partial charge in [-0.2, -0.15) is 0 Å². The number of hydrogen-bond acceptors (Lipinski definition) is 3. The Morgan fingerprint density at radius 1 is 1.26 bits per heavy atom. The monoisotopic (exact) mass is 281 g/mol. The molecule has 2 nitrogen and oxygen atoms in total. The summed E-state index contributed by atoms with van der Waals surface area (Å²) in [5.41, 5.74) is 0. The van der Waals surface area contributed by atoms with E-state index in [2.05, 4.69) is 38.2 Å². The van der Waals surface area contributed by atoms with Gasteiger partial charge in [0.05, 0.1) is 12.7 Å². The molecule has 1 aromatic heterocycles. The maximum atomic E-state index is 5.99. The maximum Gasteiger partial charge on any atom is 0.0594 e. The summed E-state index contributed by atoms with van der Waals surface area (Å²) in [6.45, 7) is 9.65. The van der Waals surface area contributed by atoms with Gasteiger partial charge in [-0.15, -0.1) is 11.3 Å². The number of rotatable bonds is 6. The molecule has 0 amide bonds. The summed E-state index contributed by atoms with van der Waals surface area (Å²) in [4.78, 5) is 2.80. The number of hydrogen-bond donors (Lipinski definition) is 1. The second-order valence-electron chi connectivity index (χ2n) is 5.95. The predicted molar refractivity (Wildman–Crippen MR) is 82.7 cm³/mol. The maximum absolute atomic E-state index is 5.99. The third-order valence-electron chi connectivity index (χ3n) is 4.28. The van der Waals surface area contributed by atoms with Crippen molar-refractivity contribution in [1.29, 1.82) is 0 Å². The lowest BCUT2D eigenvalue weighted by atomic mass is 9.80. The zero-order chi connectivity index (χ0) is 13.7. The van der Waals surface area contributed by atoms with Gasteiger partial charge in [0, 0.05) is 22.8 Å². The Labute approximate surface area is 121 Å². The van der Waals surface area contributed by atoms with E-state index in [9.17, 15) is 0 Å². The normalized spacial score (nSPS) is 27.6. The summed E-state index contributed by atoms with van der Waals surface area (Å²) in [6.07, 6.45) is 4.31. The van der Waals surface area contributed by atoms with Crippen molar-refractivity contribution in [3.63, 3.8) is 0 Å². The fraction of sp³-hybridized carbons (Fsp3) is 0.750. The van der Waals surface area contributed by atoms with Crippen molar-refractivity contribution >= 4 is 11.3 Å². The first-order chi connectivity index (χ1) is 9.15. The highest BCUT2D eigenvalue weighted by Crippen LogP contribution is 2.30. The Kier molecular flexibility index (Phi) is 5.86. The van der Waals surface area contributed by atoms with Crippen LogP contribution in [-0.4, -0.2) is 19.3 Å². The summed E-state index contributed by atoms with van der Waals surface area (Å²) in [6, 6.07) is 4.39. The molecule has 3 unspecified atom stereocenters. The third kappa shape index (κ3) is 4.90. The van der Waals surface area contributed by atoms with Crippen LogP contribution < -0.4 is 5.32 Å². The molecule has 0 radical (unpaired) electrons. The molecule has 1 N–H and O–H groups in total. The van der Waals surface area contributed by atoms with Crippen LogP contribution in [0.5, 0.6) is 0 Å². The average Bonchev–Trinajstić information content (AvgIpc) is 2.79. The standard InChI is InChI=1S/C16H27NOS/c1-12-4-6-15(10-13(12)2)18-9-8-17-11-16-7-5-14(3)19-16/h5,7,12-13,15,17H,4,6,8-11H2,1-3H3. The van der Waals surface area contributed by atoms with Crippen molar-refractivity contribution in [2.45, 2.75) is 52.7 Å². The Hall–Kier alpha value is -0.380. The van der Waals surface area contributed by atoms with Gasteiger partial charge in [0.2, 0.25) is 0 Å². The molecule has 1 aromatic rings. The highest BCUT2D eigenvalue weighted by atomic mass is 32.1. The van der Waals surface area contributed by atoms with Crippen molar-refractivity contribution in [2.24, 2.45) is 11.8 Å². The molecule has 1 saturated carbocycles. The van der Waals surface area contributed by atoms with E-state index >= 15 is 0 Å². The largest absolute Gasteiger partial charge is 0.377 e. The quantitative estimate of drug-likeness (QED) is 0.796. The Bertz CT molecular complexity index is 377. The van der Waals surface area contributed by atoms with Gasteiger partial charge in [-0.05, 0) is 50.2 Å². The fourth-order valence-corrected chi connectivity index (χ4v) is 3.60. The van der Waals surface area contributed by atoms with Crippen molar-refractivity contribution in [3.8, 4) is 0 Å². The lowest BCUT2D eigenvalue weighted by molar-refractivity contribution is 0.00425. The molecule has 3 atom stereocenters. The van der Waals surface area contributed by atoms with E-state index in [0.717, 1.165) is 31.5 Å². The van der Waals surface area contributed by atoms with Crippen molar-refractivity contribution in [1.82, 2.24) is 5.32 Å².